The zero-order valence-electron chi connectivity index (χ0n) is 21.6. The van der Waals surface area contributed by atoms with Gasteiger partial charge in [-0.05, 0) is 78.8 Å². The molecule has 0 spiro atoms. The molecular weight excluding hydrogens is 498 g/mol. The number of ether oxygens (including phenoxy) is 2. The fourth-order valence-corrected chi connectivity index (χ4v) is 4.80. The minimum Gasteiger partial charge on any atom is -0.496 e. The van der Waals surface area contributed by atoms with Crippen molar-refractivity contribution in [2.24, 2.45) is 12.2 Å². The number of cyclic esters (lactones) is 1. The Kier molecular flexibility index (Phi) is 7.92. The van der Waals surface area contributed by atoms with E-state index in [0.717, 1.165) is 34.2 Å². The second-order valence-corrected chi connectivity index (χ2v) is 9.23. The smallest absolute Gasteiger partial charge is 0.419 e. The highest BCUT2D eigenvalue weighted by atomic mass is 35.5. The molecule has 0 saturated carbocycles. The monoisotopic (exact) mass is 527 g/mol. The molecule has 196 valence electrons. The summed E-state index contributed by atoms with van der Waals surface area (Å²) in [6, 6.07) is 7.88. The molecule has 1 amide bonds. The van der Waals surface area contributed by atoms with Crippen LogP contribution in [0.25, 0.3) is 16.7 Å². The van der Waals surface area contributed by atoms with E-state index in [9.17, 15) is 9.59 Å². The number of nitrogens with zero attached hydrogens (tertiary/aromatic N) is 3. The minimum absolute atomic E-state index is 0.167. The Morgan fingerprint density at radius 2 is 1.86 bits per heavy atom. The van der Waals surface area contributed by atoms with Gasteiger partial charge in [-0.3, -0.25) is 4.57 Å². The van der Waals surface area contributed by atoms with Crippen molar-refractivity contribution < 1.29 is 23.5 Å². The number of carbonyl (C=O) groups excluding carboxylic acids is 1. The molecule has 10 heteroatoms. The van der Waals surface area contributed by atoms with Crippen molar-refractivity contribution in [2.45, 2.75) is 26.7 Å². The first kappa shape index (κ1) is 26.3. The summed E-state index contributed by atoms with van der Waals surface area (Å²) in [5.41, 5.74) is 6.33. The average molecular weight is 528 g/mol. The number of halogens is 1. The van der Waals surface area contributed by atoms with Gasteiger partial charge in [-0.1, -0.05) is 22.8 Å². The minimum atomic E-state index is -0.414. The maximum absolute atomic E-state index is 12.2. The first-order chi connectivity index (χ1) is 17.7. The Balaban J connectivity index is 1.81. The van der Waals surface area contributed by atoms with Crippen LogP contribution < -0.4 is 10.5 Å². The number of oxime groups is 1. The van der Waals surface area contributed by atoms with Crippen LogP contribution in [0.15, 0.2) is 44.7 Å². The van der Waals surface area contributed by atoms with Crippen LogP contribution in [0, 0.1) is 13.8 Å². The van der Waals surface area contributed by atoms with Gasteiger partial charge in [0.2, 0.25) is 0 Å². The van der Waals surface area contributed by atoms with Crippen LogP contribution in [-0.2, 0) is 16.6 Å². The molecule has 3 aromatic rings. The number of hydrogen-bond donors (Lipinski definition) is 0. The van der Waals surface area contributed by atoms with E-state index in [1.165, 1.54) is 11.7 Å². The number of benzene rings is 2. The molecule has 1 fully saturated rings. The van der Waals surface area contributed by atoms with E-state index in [1.807, 2.05) is 38.1 Å². The Morgan fingerprint density at radius 1 is 1.14 bits per heavy atom. The Hall–Kier alpha value is -3.72. The molecule has 2 aromatic carbocycles. The number of methoxy groups -OCH3 is 1. The molecule has 1 saturated heterocycles. The van der Waals surface area contributed by atoms with Gasteiger partial charge >= 0.3 is 11.8 Å². The van der Waals surface area contributed by atoms with Crippen molar-refractivity contribution in [3.63, 3.8) is 0 Å². The van der Waals surface area contributed by atoms with Gasteiger partial charge in [-0.25, -0.2) is 9.59 Å². The molecule has 9 nitrogen and oxygen atoms in total. The summed E-state index contributed by atoms with van der Waals surface area (Å²) in [7, 11) is 4.70. The van der Waals surface area contributed by atoms with Gasteiger partial charge in [0, 0.05) is 13.6 Å². The number of aryl methyl sites for hydroxylation is 3. The van der Waals surface area contributed by atoms with E-state index >= 15 is 0 Å². The third-order valence-electron chi connectivity index (χ3n) is 6.40. The molecule has 37 heavy (non-hydrogen) atoms. The molecule has 1 aromatic heterocycles. The van der Waals surface area contributed by atoms with E-state index in [-0.39, 0.29) is 11.3 Å². The number of amides is 1. The highest BCUT2D eigenvalue weighted by Crippen LogP contribution is 2.34. The van der Waals surface area contributed by atoms with Crippen LogP contribution in [0.5, 0.6) is 5.75 Å². The number of aromatic nitrogens is 1. The molecule has 0 radical (unpaired) electrons. The van der Waals surface area contributed by atoms with Crippen molar-refractivity contribution in [3.8, 4) is 5.75 Å². The molecule has 1 aliphatic rings. The largest absolute Gasteiger partial charge is 0.496 e. The van der Waals surface area contributed by atoms with Crippen LogP contribution in [0.3, 0.4) is 0 Å². The number of oxazole rings is 1. The summed E-state index contributed by atoms with van der Waals surface area (Å²) in [6.07, 6.45) is 3.33. The summed E-state index contributed by atoms with van der Waals surface area (Å²) in [5, 5.41) is 4.06. The predicted octanol–water partition coefficient (Wildman–Crippen LogP) is 4.97. The number of unbranched alkanes of at least 4 members (excludes halogenated alkanes) is 1. The van der Waals surface area contributed by atoms with E-state index in [1.54, 1.807) is 19.1 Å². The Morgan fingerprint density at radius 3 is 2.54 bits per heavy atom. The third kappa shape index (κ3) is 5.36. The summed E-state index contributed by atoms with van der Waals surface area (Å²) in [6.45, 7) is 5.50. The molecule has 4 rings (SSSR count). The van der Waals surface area contributed by atoms with Gasteiger partial charge in [-0.2, -0.15) is 0 Å². The van der Waals surface area contributed by atoms with Gasteiger partial charge in [0.1, 0.15) is 19.5 Å². The maximum Gasteiger partial charge on any atom is 0.419 e. The molecule has 0 bridgehead atoms. The van der Waals surface area contributed by atoms with Gasteiger partial charge < -0.3 is 23.6 Å². The summed E-state index contributed by atoms with van der Waals surface area (Å²) in [4.78, 5) is 30.6. The number of hydrogen-bond acceptors (Lipinski definition) is 7. The lowest BCUT2D eigenvalue weighted by atomic mass is 9.92. The SMILES string of the molecule is CON=C(Cl)c1cc(/C(=C\CCCN2CCOC2=O)c2cc(C)c3oc(=O)n(C)c3c2)cc(C)c1OC. The second-order valence-electron chi connectivity index (χ2n) is 8.87. The predicted molar refractivity (Wildman–Crippen MR) is 143 cm³/mol. The number of allylic oxidation sites excluding steroid dienone is 1. The second kappa shape index (κ2) is 11.1. The highest BCUT2D eigenvalue weighted by molar-refractivity contribution is 6.69. The van der Waals surface area contributed by atoms with Gasteiger partial charge in [0.05, 0.1) is 24.7 Å². The van der Waals surface area contributed by atoms with E-state index < -0.39 is 5.76 Å². The maximum atomic E-state index is 12.2. The molecular formula is C27H30ClN3O6. The summed E-state index contributed by atoms with van der Waals surface area (Å²) >= 11 is 6.45. The molecule has 0 aliphatic carbocycles. The first-order valence-electron chi connectivity index (χ1n) is 11.9. The van der Waals surface area contributed by atoms with Crippen LogP contribution in [0.1, 0.15) is 40.7 Å². The molecule has 1 aliphatic heterocycles. The Bertz CT molecular complexity index is 1450. The standard InChI is InChI=1S/C27H30ClN3O6/c1-16-12-18(14-21(23(16)34-4)25(28)29-35-5)20(8-6-7-9-31-10-11-36-27(31)33)19-13-17(2)24-22(15-19)30(3)26(32)37-24/h8,12-15H,6-7,9-11H2,1-5H3/b20-8+,29-25?. The van der Waals surface area contributed by atoms with Gasteiger partial charge in [-0.15, -0.1) is 0 Å². The molecule has 2 heterocycles. The number of fused-ring (bicyclic) bond motifs is 1. The first-order valence-corrected chi connectivity index (χ1v) is 12.3. The lowest BCUT2D eigenvalue weighted by Crippen LogP contribution is -2.25. The number of rotatable bonds is 9. The fraction of sp³-hybridized carbons (Fsp3) is 0.370. The molecule has 0 unspecified atom stereocenters. The van der Waals surface area contributed by atoms with Crippen LogP contribution >= 0.6 is 11.6 Å². The van der Waals surface area contributed by atoms with Crippen LogP contribution in [0.4, 0.5) is 4.79 Å². The van der Waals surface area contributed by atoms with E-state index in [2.05, 4.69) is 11.2 Å². The van der Waals surface area contributed by atoms with Crippen molar-refractivity contribution in [1.29, 1.82) is 0 Å². The third-order valence-corrected chi connectivity index (χ3v) is 6.67. The van der Waals surface area contributed by atoms with Gasteiger partial charge in [0.15, 0.2) is 10.8 Å². The normalized spacial score (nSPS) is 14.4. The van der Waals surface area contributed by atoms with E-state index in [0.29, 0.717) is 48.5 Å². The molecule has 0 atom stereocenters. The summed E-state index contributed by atoms with van der Waals surface area (Å²) < 4.78 is 17.6. The highest BCUT2D eigenvalue weighted by Gasteiger charge is 2.21. The van der Waals surface area contributed by atoms with Crippen LogP contribution in [0.2, 0.25) is 0 Å². The fourth-order valence-electron chi connectivity index (χ4n) is 4.59. The van der Waals surface area contributed by atoms with Crippen molar-refractivity contribution in [2.75, 3.05) is 33.9 Å². The van der Waals surface area contributed by atoms with Gasteiger partial charge in [0.25, 0.3) is 0 Å². The average Bonchev–Trinajstić information content (AvgIpc) is 3.41. The number of carbonyl (C=O) groups is 1. The quantitative estimate of drug-likeness (QED) is 0.221. The zero-order chi connectivity index (χ0) is 26.7. The zero-order valence-corrected chi connectivity index (χ0v) is 22.3. The summed E-state index contributed by atoms with van der Waals surface area (Å²) in [5.74, 6) is 0.189. The van der Waals surface area contributed by atoms with Crippen molar-refractivity contribution >= 4 is 39.5 Å². The van der Waals surface area contributed by atoms with Crippen LogP contribution in [-0.4, -0.2) is 54.6 Å². The lowest BCUT2D eigenvalue weighted by molar-refractivity contribution is 0.158. The van der Waals surface area contributed by atoms with Crippen molar-refractivity contribution in [3.05, 3.63) is 68.7 Å². The molecule has 0 N–H and O–H groups in total. The van der Waals surface area contributed by atoms with E-state index in [4.69, 9.17) is 30.3 Å². The topological polar surface area (TPSA) is 95.5 Å². The Labute approximate surface area is 219 Å². The lowest BCUT2D eigenvalue weighted by Gasteiger charge is -2.16. The van der Waals surface area contributed by atoms with Crippen molar-refractivity contribution in [1.82, 2.24) is 9.47 Å².